The molecule has 1 amide bonds. The minimum Gasteiger partial charge on any atom is -0.303 e. The van der Waals surface area contributed by atoms with Crippen molar-refractivity contribution in [2.75, 3.05) is 4.90 Å². The molecule has 1 aliphatic heterocycles. The summed E-state index contributed by atoms with van der Waals surface area (Å²) in [5, 5.41) is 4.29. The van der Waals surface area contributed by atoms with Crippen LogP contribution >= 0.6 is 11.3 Å². The molecule has 36 heavy (non-hydrogen) atoms. The summed E-state index contributed by atoms with van der Waals surface area (Å²) in [6.07, 6.45) is 0.231. The van der Waals surface area contributed by atoms with Crippen LogP contribution in [-0.2, 0) is 17.8 Å². The van der Waals surface area contributed by atoms with Gasteiger partial charge in [-0.05, 0) is 17.7 Å². The Morgan fingerprint density at radius 2 is 1.58 bits per heavy atom. The van der Waals surface area contributed by atoms with Gasteiger partial charge in [0.05, 0.1) is 17.8 Å². The Morgan fingerprint density at radius 1 is 0.861 bits per heavy atom. The zero-order valence-electron chi connectivity index (χ0n) is 18.7. The predicted molar refractivity (Wildman–Crippen MR) is 134 cm³/mol. The molecule has 5 aromatic rings. The molecule has 0 fully saturated rings. The Balaban J connectivity index is 1.51. The van der Waals surface area contributed by atoms with Crippen LogP contribution in [0.5, 0.6) is 0 Å². The zero-order chi connectivity index (χ0) is 24.8. The van der Waals surface area contributed by atoms with Crippen molar-refractivity contribution in [3.05, 3.63) is 132 Å². The quantitative estimate of drug-likeness (QED) is 0.382. The second-order valence-electron chi connectivity index (χ2n) is 8.33. The standard InChI is InChI=1S/C27H17FN4O3S/c28-19-12-6-4-10-17(19)15-31-21-13-7-5-11-18(21)22(25(31)34)23-26(35)32-27(36-23)29-24(33)20(30-32)14-16-8-2-1-3-9-16/h1-13H,14-15H2/b23-22-. The molecule has 0 N–H and O–H groups in total. The minimum absolute atomic E-state index is 0.0146. The van der Waals surface area contributed by atoms with E-state index in [-0.39, 0.29) is 33.7 Å². The molecule has 0 saturated carbocycles. The number of para-hydroxylation sites is 1. The van der Waals surface area contributed by atoms with E-state index in [1.807, 2.05) is 30.3 Å². The van der Waals surface area contributed by atoms with Gasteiger partial charge in [-0.1, -0.05) is 78.1 Å². The maximum absolute atomic E-state index is 14.4. The van der Waals surface area contributed by atoms with Gasteiger partial charge in [-0.3, -0.25) is 14.4 Å². The highest BCUT2D eigenvalue weighted by Crippen LogP contribution is 2.36. The van der Waals surface area contributed by atoms with Crippen LogP contribution in [0.1, 0.15) is 22.4 Å². The lowest BCUT2D eigenvalue weighted by Crippen LogP contribution is -2.33. The Morgan fingerprint density at radius 3 is 2.39 bits per heavy atom. The monoisotopic (exact) mass is 496 g/mol. The normalized spacial score (nSPS) is 14.5. The molecule has 176 valence electrons. The van der Waals surface area contributed by atoms with Crippen molar-refractivity contribution in [2.45, 2.75) is 13.0 Å². The topological polar surface area (TPSA) is 84.6 Å². The molecule has 3 heterocycles. The van der Waals surface area contributed by atoms with Crippen LogP contribution in [-0.4, -0.2) is 20.5 Å². The van der Waals surface area contributed by atoms with Gasteiger partial charge in [0.1, 0.15) is 16.0 Å². The summed E-state index contributed by atoms with van der Waals surface area (Å²) in [6.45, 7) is 0.0146. The summed E-state index contributed by atoms with van der Waals surface area (Å²) in [6, 6.07) is 22.6. The fourth-order valence-electron chi connectivity index (χ4n) is 4.35. The van der Waals surface area contributed by atoms with Crippen molar-refractivity contribution in [1.82, 2.24) is 14.6 Å². The molecule has 2 aromatic heterocycles. The molecule has 7 nitrogen and oxygen atoms in total. The highest BCUT2D eigenvalue weighted by molar-refractivity contribution is 7.15. The fraction of sp³-hybridized carbons (Fsp3) is 0.0741. The van der Waals surface area contributed by atoms with Crippen LogP contribution in [0.2, 0.25) is 0 Å². The summed E-state index contributed by atoms with van der Waals surface area (Å²) >= 11 is 0.947. The number of carbonyl (C=O) groups excluding carboxylic acids is 1. The highest BCUT2D eigenvalue weighted by Gasteiger charge is 2.34. The van der Waals surface area contributed by atoms with Crippen LogP contribution in [0.25, 0.3) is 10.5 Å². The van der Waals surface area contributed by atoms with Crippen molar-refractivity contribution >= 4 is 33.5 Å². The second kappa shape index (κ2) is 8.62. The van der Waals surface area contributed by atoms with E-state index in [4.69, 9.17) is 0 Å². The number of carbonyl (C=O) groups is 1. The maximum atomic E-state index is 14.4. The van der Waals surface area contributed by atoms with Gasteiger partial charge in [-0.2, -0.15) is 14.6 Å². The number of rotatable bonds is 4. The van der Waals surface area contributed by atoms with E-state index in [9.17, 15) is 18.8 Å². The average Bonchev–Trinajstić information content (AvgIpc) is 3.34. The Bertz CT molecular complexity index is 1830. The zero-order valence-corrected chi connectivity index (χ0v) is 19.5. The number of hydrogen-bond acceptors (Lipinski definition) is 6. The van der Waals surface area contributed by atoms with Crippen LogP contribution in [0.15, 0.2) is 88.5 Å². The van der Waals surface area contributed by atoms with E-state index in [1.165, 1.54) is 11.0 Å². The van der Waals surface area contributed by atoms with E-state index in [0.717, 1.165) is 21.4 Å². The van der Waals surface area contributed by atoms with Gasteiger partial charge in [-0.15, -0.1) is 0 Å². The van der Waals surface area contributed by atoms with Gasteiger partial charge in [0.2, 0.25) is 4.96 Å². The SMILES string of the molecule is O=C1/C(=c2\sc3nc(=O)c(Cc4ccccc4)nn3c2=O)c2ccccc2N1Cc1ccccc1F. The summed E-state index contributed by atoms with van der Waals surface area (Å²) in [7, 11) is 0. The van der Waals surface area contributed by atoms with Crippen LogP contribution in [0, 0.1) is 5.82 Å². The number of hydrogen-bond donors (Lipinski definition) is 0. The average molecular weight is 497 g/mol. The molecule has 0 saturated heterocycles. The lowest BCUT2D eigenvalue weighted by Gasteiger charge is -2.17. The van der Waals surface area contributed by atoms with Gasteiger partial charge < -0.3 is 4.90 Å². The van der Waals surface area contributed by atoms with Crippen molar-refractivity contribution in [2.24, 2.45) is 0 Å². The maximum Gasteiger partial charge on any atom is 0.296 e. The van der Waals surface area contributed by atoms with Gasteiger partial charge >= 0.3 is 0 Å². The molecule has 0 atom stereocenters. The van der Waals surface area contributed by atoms with E-state index in [2.05, 4.69) is 10.1 Å². The summed E-state index contributed by atoms with van der Waals surface area (Å²) in [5.74, 6) is -0.837. The molecule has 0 aliphatic carbocycles. The van der Waals surface area contributed by atoms with Crippen LogP contribution in [0.3, 0.4) is 0 Å². The largest absolute Gasteiger partial charge is 0.303 e. The number of amides is 1. The number of benzene rings is 3. The van der Waals surface area contributed by atoms with Gasteiger partial charge in [0.25, 0.3) is 17.0 Å². The van der Waals surface area contributed by atoms with Gasteiger partial charge in [0.15, 0.2) is 0 Å². The summed E-state index contributed by atoms with van der Waals surface area (Å²) in [4.78, 5) is 45.3. The third-order valence-corrected chi connectivity index (χ3v) is 7.11. The first-order chi connectivity index (χ1) is 17.5. The molecule has 6 rings (SSSR count). The van der Waals surface area contributed by atoms with Gasteiger partial charge in [0, 0.05) is 17.5 Å². The van der Waals surface area contributed by atoms with Crippen LogP contribution in [0.4, 0.5) is 10.1 Å². The summed E-state index contributed by atoms with van der Waals surface area (Å²) in [5.41, 5.74) is 1.67. The summed E-state index contributed by atoms with van der Waals surface area (Å²) < 4.78 is 15.6. The lowest BCUT2D eigenvalue weighted by molar-refractivity contribution is -0.113. The molecule has 0 unspecified atom stereocenters. The Labute approximate surface area is 207 Å². The molecule has 0 spiro atoms. The lowest BCUT2D eigenvalue weighted by atomic mass is 10.1. The molecule has 3 aromatic carbocycles. The van der Waals surface area contributed by atoms with Gasteiger partial charge in [-0.25, -0.2) is 4.39 Å². The number of thiazole rings is 1. The molecule has 9 heteroatoms. The van der Waals surface area contributed by atoms with Crippen molar-refractivity contribution in [3.63, 3.8) is 0 Å². The minimum atomic E-state index is -0.525. The first kappa shape index (κ1) is 22.0. The first-order valence-electron chi connectivity index (χ1n) is 11.2. The van der Waals surface area contributed by atoms with E-state index < -0.39 is 22.8 Å². The Hall–Kier alpha value is -4.50. The molecular formula is C27H17FN4O3S. The molecule has 1 aliphatic rings. The van der Waals surface area contributed by atoms with Crippen molar-refractivity contribution in [1.29, 1.82) is 0 Å². The third-order valence-electron chi connectivity index (χ3n) is 6.08. The number of nitrogens with zero attached hydrogens (tertiary/aromatic N) is 4. The predicted octanol–water partition coefficient (Wildman–Crippen LogP) is 2.71. The Kier molecular flexibility index (Phi) is 5.26. The fourth-order valence-corrected chi connectivity index (χ4v) is 5.34. The van der Waals surface area contributed by atoms with E-state index in [0.29, 0.717) is 16.8 Å². The third kappa shape index (κ3) is 3.61. The van der Waals surface area contributed by atoms with Crippen molar-refractivity contribution < 1.29 is 9.18 Å². The molecule has 0 radical (unpaired) electrons. The number of aromatic nitrogens is 3. The van der Waals surface area contributed by atoms with Crippen molar-refractivity contribution in [3.8, 4) is 0 Å². The van der Waals surface area contributed by atoms with Crippen LogP contribution < -0.4 is 20.6 Å². The van der Waals surface area contributed by atoms with E-state index >= 15 is 0 Å². The second-order valence-corrected chi connectivity index (χ2v) is 9.31. The number of fused-ring (bicyclic) bond motifs is 2. The smallest absolute Gasteiger partial charge is 0.296 e. The number of anilines is 1. The molecular weight excluding hydrogens is 479 g/mol. The van der Waals surface area contributed by atoms with E-state index in [1.54, 1.807) is 42.5 Å². The first-order valence-corrected chi connectivity index (χ1v) is 12.0. The molecule has 0 bridgehead atoms. The number of halogens is 1. The highest BCUT2D eigenvalue weighted by atomic mass is 32.1.